The minimum absolute atomic E-state index is 0.142. The van der Waals surface area contributed by atoms with Gasteiger partial charge in [0.2, 0.25) is 5.75 Å². The number of hydrogen-bond acceptors (Lipinski definition) is 6. The summed E-state index contributed by atoms with van der Waals surface area (Å²) in [5, 5.41) is 2.68. The van der Waals surface area contributed by atoms with Crippen molar-refractivity contribution in [3.8, 4) is 17.2 Å². The Morgan fingerprint density at radius 1 is 1.07 bits per heavy atom. The van der Waals surface area contributed by atoms with E-state index in [1.165, 1.54) is 45.6 Å². The van der Waals surface area contributed by atoms with Crippen molar-refractivity contribution in [2.45, 2.75) is 0 Å². The van der Waals surface area contributed by atoms with Gasteiger partial charge in [0.1, 0.15) is 5.82 Å². The average Bonchev–Trinajstić information content (AvgIpc) is 3.06. The molecular weight excluding hydrogens is 399 g/mol. The maximum Gasteiger partial charge on any atom is 0.279 e. The zero-order valence-electron chi connectivity index (χ0n) is 15.8. The Morgan fingerprint density at radius 2 is 1.69 bits per heavy atom. The van der Waals surface area contributed by atoms with E-state index in [1.54, 1.807) is 18.2 Å². The van der Waals surface area contributed by atoms with Crippen LogP contribution in [0.2, 0.25) is 0 Å². The van der Waals surface area contributed by atoms with Gasteiger partial charge in [0.05, 0.1) is 26.2 Å². The fourth-order valence-electron chi connectivity index (χ4n) is 2.57. The molecule has 3 rings (SSSR count). The highest BCUT2D eigenvalue weighted by molar-refractivity contribution is 8.18. The first-order valence-electron chi connectivity index (χ1n) is 8.34. The molecule has 0 aromatic heterocycles. The zero-order chi connectivity index (χ0) is 21.0. The Kier molecular flexibility index (Phi) is 6.18. The Bertz CT molecular complexity index is 993. The molecule has 9 heteroatoms. The fraction of sp³-hybridized carbons (Fsp3) is 0.150. The summed E-state index contributed by atoms with van der Waals surface area (Å²) in [6.45, 7) is 0. The molecule has 0 aliphatic carbocycles. The molecule has 29 heavy (non-hydrogen) atoms. The summed E-state index contributed by atoms with van der Waals surface area (Å²) in [5.41, 5.74) is 0.860. The van der Waals surface area contributed by atoms with E-state index < -0.39 is 17.6 Å². The van der Waals surface area contributed by atoms with Gasteiger partial charge >= 0.3 is 0 Å². The van der Waals surface area contributed by atoms with Crippen LogP contribution in [0.5, 0.6) is 17.2 Å². The Hall–Kier alpha value is -3.33. The van der Waals surface area contributed by atoms with Crippen LogP contribution in [0.1, 0.15) is 15.9 Å². The van der Waals surface area contributed by atoms with E-state index in [2.05, 4.69) is 10.3 Å². The highest BCUT2D eigenvalue weighted by atomic mass is 32.2. The van der Waals surface area contributed by atoms with Crippen LogP contribution >= 0.6 is 11.8 Å². The number of methoxy groups -OCH3 is 3. The molecule has 1 saturated heterocycles. The van der Waals surface area contributed by atoms with Gasteiger partial charge in [-0.2, -0.15) is 4.99 Å². The van der Waals surface area contributed by atoms with Gasteiger partial charge in [-0.15, -0.1) is 0 Å². The van der Waals surface area contributed by atoms with Crippen molar-refractivity contribution in [2.75, 3.05) is 21.3 Å². The lowest BCUT2D eigenvalue weighted by atomic mass is 10.1. The first-order chi connectivity index (χ1) is 13.9. The van der Waals surface area contributed by atoms with Gasteiger partial charge in [-0.05, 0) is 59.8 Å². The molecule has 0 unspecified atom stereocenters. The lowest BCUT2D eigenvalue weighted by Gasteiger charge is -2.12. The smallest absolute Gasteiger partial charge is 0.279 e. The Balaban J connectivity index is 1.85. The number of hydrogen-bond donors (Lipinski definition) is 1. The lowest BCUT2D eigenvalue weighted by Crippen LogP contribution is -2.20. The number of halogens is 1. The number of nitrogens with one attached hydrogen (secondary N) is 1. The van der Waals surface area contributed by atoms with Gasteiger partial charge in [0, 0.05) is 5.56 Å². The normalized spacial score (nSPS) is 16.1. The summed E-state index contributed by atoms with van der Waals surface area (Å²) in [7, 11) is 4.49. The van der Waals surface area contributed by atoms with Crippen LogP contribution in [0.4, 0.5) is 4.39 Å². The molecule has 7 nitrogen and oxygen atoms in total. The predicted octanol–water partition coefficient (Wildman–Crippen LogP) is 3.25. The monoisotopic (exact) mass is 416 g/mol. The number of amides is 2. The van der Waals surface area contributed by atoms with E-state index in [0.29, 0.717) is 27.7 Å². The zero-order valence-corrected chi connectivity index (χ0v) is 16.6. The number of amidine groups is 1. The van der Waals surface area contributed by atoms with Crippen molar-refractivity contribution in [1.82, 2.24) is 5.32 Å². The van der Waals surface area contributed by atoms with Crippen LogP contribution < -0.4 is 19.5 Å². The fourth-order valence-corrected chi connectivity index (χ4v) is 3.39. The van der Waals surface area contributed by atoms with E-state index >= 15 is 0 Å². The van der Waals surface area contributed by atoms with E-state index in [9.17, 15) is 14.0 Å². The highest BCUT2D eigenvalue weighted by Crippen LogP contribution is 2.39. The largest absolute Gasteiger partial charge is 0.493 e. The quantitative estimate of drug-likeness (QED) is 0.753. The van der Waals surface area contributed by atoms with Gasteiger partial charge in [0.25, 0.3) is 11.8 Å². The number of thioether (sulfide) groups is 1. The van der Waals surface area contributed by atoms with E-state index in [4.69, 9.17) is 14.2 Å². The van der Waals surface area contributed by atoms with E-state index in [-0.39, 0.29) is 10.7 Å². The third-order valence-electron chi connectivity index (χ3n) is 3.93. The number of ether oxygens (including phenoxy) is 3. The van der Waals surface area contributed by atoms with Crippen LogP contribution in [0.3, 0.4) is 0 Å². The summed E-state index contributed by atoms with van der Waals surface area (Å²) >= 11 is 1.02. The number of nitrogens with zero attached hydrogens (tertiary/aromatic N) is 1. The van der Waals surface area contributed by atoms with Gasteiger partial charge in [-0.3, -0.25) is 9.59 Å². The second-order valence-electron chi connectivity index (χ2n) is 5.75. The van der Waals surface area contributed by atoms with Gasteiger partial charge in [0.15, 0.2) is 16.7 Å². The van der Waals surface area contributed by atoms with Gasteiger partial charge in [-0.25, -0.2) is 4.39 Å². The standard InChI is InChI=1S/C20H17FN2O5S/c1-26-14-8-11(9-15(27-2)17(14)28-3)10-16-19(25)23-20(29-16)22-18(24)12-4-6-13(21)7-5-12/h4-10H,1-3H3,(H,22,23,24,25)/b16-10-. The molecule has 0 saturated carbocycles. The average molecular weight is 416 g/mol. The summed E-state index contributed by atoms with van der Waals surface area (Å²) in [4.78, 5) is 28.7. The summed E-state index contributed by atoms with van der Waals surface area (Å²) < 4.78 is 28.9. The molecule has 1 aliphatic rings. The van der Waals surface area contributed by atoms with Crippen LogP contribution in [0.15, 0.2) is 46.3 Å². The molecule has 0 spiro atoms. The topological polar surface area (TPSA) is 86.2 Å². The molecule has 2 amide bonds. The number of carbonyl (C=O) groups is 2. The molecule has 2 aromatic carbocycles. The minimum Gasteiger partial charge on any atom is -0.493 e. The van der Waals surface area contributed by atoms with Gasteiger partial charge in [-0.1, -0.05) is 0 Å². The molecule has 0 bridgehead atoms. The molecule has 1 fully saturated rings. The minimum atomic E-state index is -0.582. The second-order valence-corrected chi connectivity index (χ2v) is 6.78. The SMILES string of the molecule is COc1cc(/C=C2\SC(=NC(=O)c3ccc(F)cc3)NC2=O)cc(OC)c1OC. The van der Waals surface area contributed by atoms with Gasteiger partial charge < -0.3 is 19.5 Å². The lowest BCUT2D eigenvalue weighted by molar-refractivity contribution is -0.115. The predicted molar refractivity (Wildman–Crippen MR) is 108 cm³/mol. The molecule has 2 aromatic rings. The number of carbonyl (C=O) groups excluding carboxylic acids is 2. The first-order valence-corrected chi connectivity index (χ1v) is 9.16. The second kappa shape index (κ2) is 8.78. The molecule has 1 N–H and O–H groups in total. The first kappa shape index (κ1) is 20.4. The molecule has 1 heterocycles. The molecule has 1 aliphatic heterocycles. The molecule has 0 atom stereocenters. The maximum absolute atomic E-state index is 13.0. The number of benzene rings is 2. The molecule has 150 valence electrons. The van der Waals surface area contributed by atoms with E-state index in [1.807, 2.05) is 0 Å². The van der Waals surface area contributed by atoms with Crippen LogP contribution in [-0.2, 0) is 4.79 Å². The maximum atomic E-state index is 13.0. The highest BCUT2D eigenvalue weighted by Gasteiger charge is 2.25. The van der Waals surface area contributed by atoms with Crippen molar-refractivity contribution < 1.29 is 28.2 Å². The summed E-state index contributed by atoms with van der Waals surface area (Å²) in [5.74, 6) is -0.0950. The van der Waals surface area contributed by atoms with Crippen LogP contribution in [0, 0.1) is 5.82 Å². The van der Waals surface area contributed by atoms with Crippen LogP contribution in [-0.4, -0.2) is 38.3 Å². The third-order valence-corrected chi connectivity index (χ3v) is 4.84. The van der Waals surface area contributed by atoms with Crippen molar-refractivity contribution in [2.24, 2.45) is 4.99 Å². The summed E-state index contributed by atoms with van der Waals surface area (Å²) in [6.07, 6.45) is 1.62. The molecule has 0 radical (unpaired) electrons. The van der Waals surface area contributed by atoms with E-state index in [0.717, 1.165) is 11.8 Å². The van der Waals surface area contributed by atoms with Crippen molar-refractivity contribution in [1.29, 1.82) is 0 Å². The van der Waals surface area contributed by atoms with Crippen molar-refractivity contribution in [3.63, 3.8) is 0 Å². The van der Waals surface area contributed by atoms with Crippen molar-refractivity contribution >= 4 is 34.8 Å². The number of aliphatic imine (C=N–C) groups is 1. The Labute approximate surface area is 170 Å². The summed E-state index contributed by atoms with van der Waals surface area (Å²) in [6, 6.07) is 8.39. The number of rotatable bonds is 5. The third kappa shape index (κ3) is 4.57. The van der Waals surface area contributed by atoms with Crippen molar-refractivity contribution in [3.05, 3.63) is 58.2 Å². The molecular formula is C20H17FN2O5S. The van der Waals surface area contributed by atoms with Crippen LogP contribution in [0.25, 0.3) is 6.08 Å². The Morgan fingerprint density at radius 3 is 2.24 bits per heavy atom.